The molecule has 0 spiro atoms. The second-order valence-electron chi connectivity index (χ2n) is 6.49. The van der Waals surface area contributed by atoms with E-state index in [4.69, 9.17) is 4.74 Å². The van der Waals surface area contributed by atoms with E-state index in [1.54, 1.807) is 24.2 Å². The Hall–Kier alpha value is -3.75. The molecule has 1 aromatic carbocycles. The van der Waals surface area contributed by atoms with E-state index in [1.165, 1.54) is 12.7 Å². The molecule has 3 heterocycles. The maximum absolute atomic E-state index is 12.5. The van der Waals surface area contributed by atoms with Crippen LogP contribution in [0.5, 0.6) is 5.75 Å². The lowest BCUT2D eigenvalue weighted by Crippen LogP contribution is -2.48. The van der Waals surface area contributed by atoms with Crippen LogP contribution in [0.4, 0.5) is 5.82 Å². The van der Waals surface area contributed by atoms with Crippen molar-refractivity contribution in [1.29, 1.82) is 0 Å². The van der Waals surface area contributed by atoms with Crippen LogP contribution in [-0.2, 0) is 4.79 Å². The van der Waals surface area contributed by atoms with Crippen molar-refractivity contribution in [3.63, 3.8) is 0 Å². The van der Waals surface area contributed by atoms with Crippen molar-refractivity contribution in [2.75, 3.05) is 38.2 Å². The van der Waals surface area contributed by atoms with Crippen LogP contribution < -0.4 is 9.64 Å². The van der Waals surface area contributed by atoms with Crippen molar-refractivity contribution in [3.8, 4) is 11.6 Å². The summed E-state index contributed by atoms with van der Waals surface area (Å²) in [5.41, 5.74) is 0.958. The van der Waals surface area contributed by atoms with Gasteiger partial charge in [0.15, 0.2) is 5.82 Å². The number of carbonyl (C=O) groups is 1. The summed E-state index contributed by atoms with van der Waals surface area (Å²) in [7, 11) is 1.63. The molecule has 0 saturated carbocycles. The molecule has 148 valence electrons. The Bertz CT molecular complexity index is 978. The van der Waals surface area contributed by atoms with E-state index >= 15 is 0 Å². The van der Waals surface area contributed by atoms with E-state index in [-0.39, 0.29) is 5.91 Å². The normalized spacial score (nSPS) is 14.4. The number of ether oxygens (including phenoxy) is 1. The third-order valence-corrected chi connectivity index (χ3v) is 4.74. The fourth-order valence-electron chi connectivity index (χ4n) is 3.11. The fraction of sp³-hybridized carbons (Fsp3) is 0.250. The van der Waals surface area contributed by atoms with E-state index < -0.39 is 0 Å². The van der Waals surface area contributed by atoms with Gasteiger partial charge in [0.25, 0.3) is 0 Å². The Balaban J connectivity index is 1.34. The van der Waals surface area contributed by atoms with Gasteiger partial charge in [-0.05, 0) is 23.8 Å². The third kappa shape index (κ3) is 4.40. The minimum Gasteiger partial charge on any atom is -0.497 e. The third-order valence-electron chi connectivity index (χ3n) is 4.74. The van der Waals surface area contributed by atoms with Gasteiger partial charge in [-0.3, -0.25) is 4.79 Å². The van der Waals surface area contributed by atoms with Crippen molar-refractivity contribution < 1.29 is 9.53 Å². The highest BCUT2D eigenvalue weighted by atomic mass is 16.5. The number of methoxy groups -OCH3 is 1. The summed E-state index contributed by atoms with van der Waals surface area (Å²) >= 11 is 0. The molecular weight excluding hydrogens is 370 g/mol. The molecule has 2 aromatic heterocycles. The number of hydrogen-bond donors (Lipinski definition) is 0. The molecule has 0 bridgehead atoms. The van der Waals surface area contributed by atoms with Crippen LogP contribution in [0.25, 0.3) is 11.9 Å². The molecule has 9 nitrogen and oxygen atoms in total. The van der Waals surface area contributed by atoms with E-state index in [0.29, 0.717) is 32.0 Å². The Morgan fingerprint density at radius 2 is 1.79 bits per heavy atom. The van der Waals surface area contributed by atoms with E-state index in [9.17, 15) is 4.79 Å². The van der Waals surface area contributed by atoms with Gasteiger partial charge < -0.3 is 14.5 Å². The zero-order valence-electron chi connectivity index (χ0n) is 16.0. The topological polar surface area (TPSA) is 89.3 Å². The minimum absolute atomic E-state index is 0.00598. The van der Waals surface area contributed by atoms with Crippen LogP contribution in [0.1, 0.15) is 5.56 Å². The van der Waals surface area contributed by atoms with Crippen molar-refractivity contribution in [1.82, 2.24) is 29.6 Å². The molecule has 29 heavy (non-hydrogen) atoms. The zero-order valence-corrected chi connectivity index (χ0v) is 16.0. The van der Waals surface area contributed by atoms with Crippen LogP contribution in [0, 0.1) is 0 Å². The first kappa shape index (κ1) is 18.6. The molecule has 1 aliphatic rings. The number of benzene rings is 1. The molecule has 3 aromatic rings. The average Bonchev–Trinajstić information content (AvgIpc) is 3.33. The Labute approximate surface area is 168 Å². The maximum atomic E-state index is 12.5. The summed E-state index contributed by atoms with van der Waals surface area (Å²) in [6.45, 7) is 2.68. The highest BCUT2D eigenvalue weighted by molar-refractivity contribution is 5.92. The molecule has 1 aliphatic heterocycles. The molecule has 0 radical (unpaired) electrons. The van der Waals surface area contributed by atoms with E-state index in [2.05, 4.69) is 25.0 Å². The van der Waals surface area contributed by atoms with Gasteiger partial charge in [-0.1, -0.05) is 12.1 Å². The molecule has 0 aliphatic carbocycles. The average molecular weight is 391 g/mol. The van der Waals surface area contributed by atoms with E-state index in [0.717, 1.165) is 17.1 Å². The Kier molecular flexibility index (Phi) is 5.46. The fourth-order valence-corrected chi connectivity index (χ4v) is 3.11. The summed E-state index contributed by atoms with van der Waals surface area (Å²) in [6, 6.07) is 9.46. The van der Waals surface area contributed by atoms with Gasteiger partial charge in [0.05, 0.1) is 7.11 Å². The molecule has 1 amide bonds. The smallest absolute Gasteiger partial charge is 0.246 e. The van der Waals surface area contributed by atoms with Gasteiger partial charge in [0, 0.05) is 38.3 Å². The van der Waals surface area contributed by atoms with Gasteiger partial charge in [-0.2, -0.15) is 5.10 Å². The standard InChI is InChI=1S/C20H21N7O2/c1-29-17-5-2-16(3-6-17)4-7-20(28)26-10-8-25(9-11-26)18-12-19(23-14-22-18)27-15-21-13-24-27/h2-7,12-15H,8-11H2,1H3. The summed E-state index contributed by atoms with van der Waals surface area (Å²) in [4.78, 5) is 29.0. The molecule has 0 atom stereocenters. The predicted molar refractivity (Wildman–Crippen MR) is 108 cm³/mol. The first-order chi connectivity index (χ1) is 14.2. The number of rotatable bonds is 5. The first-order valence-electron chi connectivity index (χ1n) is 9.26. The molecule has 9 heteroatoms. The monoisotopic (exact) mass is 391 g/mol. The largest absolute Gasteiger partial charge is 0.497 e. The van der Waals surface area contributed by atoms with E-state index in [1.807, 2.05) is 41.3 Å². The van der Waals surface area contributed by atoms with Crippen LogP contribution in [0.2, 0.25) is 0 Å². The van der Waals surface area contributed by atoms with Crippen LogP contribution in [0.15, 0.2) is 55.4 Å². The van der Waals surface area contributed by atoms with Crippen molar-refractivity contribution in [2.45, 2.75) is 0 Å². The molecule has 0 N–H and O–H groups in total. The number of hydrogen-bond acceptors (Lipinski definition) is 7. The van der Waals surface area contributed by atoms with Gasteiger partial charge in [0.1, 0.15) is 30.5 Å². The maximum Gasteiger partial charge on any atom is 0.246 e. The van der Waals surface area contributed by atoms with Crippen LogP contribution >= 0.6 is 0 Å². The number of amides is 1. The molecule has 0 unspecified atom stereocenters. The first-order valence-corrected chi connectivity index (χ1v) is 9.26. The molecule has 4 rings (SSSR count). The predicted octanol–water partition coefficient (Wildman–Crippen LogP) is 1.43. The highest BCUT2D eigenvalue weighted by Gasteiger charge is 2.21. The second-order valence-corrected chi connectivity index (χ2v) is 6.49. The number of carbonyl (C=O) groups excluding carboxylic acids is 1. The number of nitrogens with zero attached hydrogens (tertiary/aromatic N) is 7. The van der Waals surface area contributed by atoms with Crippen LogP contribution in [-0.4, -0.2) is 68.8 Å². The number of anilines is 1. The van der Waals surface area contributed by atoms with Gasteiger partial charge in [-0.15, -0.1) is 0 Å². The SMILES string of the molecule is COc1ccc(C=CC(=O)N2CCN(c3cc(-n4cncn4)ncn3)CC2)cc1. The zero-order chi connectivity index (χ0) is 20.1. The summed E-state index contributed by atoms with van der Waals surface area (Å²) in [5, 5.41) is 4.09. The lowest BCUT2D eigenvalue weighted by atomic mass is 10.2. The highest BCUT2D eigenvalue weighted by Crippen LogP contribution is 2.16. The summed E-state index contributed by atoms with van der Waals surface area (Å²) in [6.07, 6.45) is 8.01. The number of piperazine rings is 1. The van der Waals surface area contributed by atoms with Gasteiger partial charge >= 0.3 is 0 Å². The van der Waals surface area contributed by atoms with Gasteiger partial charge in [-0.25, -0.2) is 19.6 Å². The number of aromatic nitrogens is 5. The Morgan fingerprint density at radius 1 is 1.03 bits per heavy atom. The molecule has 1 fully saturated rings. The summed E-state index contributed by atoms with van der Waals surface area (Å²) < 4.78 is 6.74. The van der Waals surface area contributed by atoms with Crippen molar-refractivity contribution in [2.24, 2.45) is 0 Å². The second kappa shape index (κ2) is 8.51. The Morgan fingerprint density at radius 3 is 2.48 bits per heavy atom. The van der Waals surface area contributed by atoms with Crippen molar-refractivity contribution in [3.05, 3.63) is 61.0 Å². The lowest BCUT2D eigenvalue weighted by Gasteiger charge is -2.34. The lowest BCUT2D eigenvalue weighted by molar-refractivity contribution is -0.126. The molecule has 1 saturated heterocycles. The van der Waals surface area contributed by atoms with Crippen molar-refractivity contribution >= 4 is 17.8 Å². The minimum atomic E-state index is 0.00598. The quantitative estimate of drug-likeness (QED) is 0.608. The van der Waals surface area contributed by atoms with Gasteiger partial charge in [0.2, 0.25) is 5.91 Å². The van der Waals surface area contributed by atoms with Crippen LogP contribution in [0.3, 0.4) is 0 Å². The summed E-state index contributed by atoms with van der Waals surface area (Å²) in [5.74, 6) is 2.27. The molecular formula is C20H21N7O2.